The number of allylic oxidation sites excluding steroid dienone is 2. The van der Waals surface area contributed by atoms with E-state index >= 15 is 0 Å². The van der Waals surface area contributed by atoms with Crippen molar-refractivity contribution >= 4 is 45.6 Å². The average Bonchev–Trinajstić information content (AvgIpc) is 3.05. The number of esters is 3. The first kappa shape index (κ1) is 38.1. The van der Waals surface area contributed by atoms with E-state index in [1.807, 2.05) is 0 Å². The highest BCUT2D eigenvalue weighted by molar-refractivity contribution is 9.10. The van der Waals surface area contributed by atoms with Crippen molar-refractivity contribution in [3.63, 3.8) is 0 Å². The number of phenolic OH excluding ortho intramolecular Hbond substituents is 2. The molecule has 15 heteroatoms. The molecule has 3 aromatic carbocycles. The SMILES string of the molecule is COC1=CC(=O)C=C(C)[C@]1(O)C(=O)Oc1c(C)c(C)c(C(=O)Oc2cc(C)c(C(=O)Oc3cc(C)c(C(=O)O)c(OC)c3)c(O)c2C)c(O)c1Br. The van der Waals surface area contributed by atoms with Crippen molar-refractivity contribution in [3.05, 3.63) is 90.7 Å². The minimum absolute atomic E-state index is 0.0287. The third-order valence-electron chi connectivity index (χ3n) is 8.42. The molecule has 0 saturated carbocycles. The Morgan fingerprint density at radius 3 is 1.90 bits per heavy atom. The minimum Gasteiger partial charge on any atom is -0.507 e. The fraction of sp³-hybridized carbons (Fsp3) is 0.250. The Morgan fingerprint density at radius 1 is 0.706 bits per heavy atom. The van der Waals surface area contributed by atoms with E-state index in [2.05, 4.69) is 15.9 Å². The largest absolute Gasteiger partial charge is 0.507 e. The van der Waals surface area contributed by atoms with Gasteiger partial charge in [0, 0.05) is 17.7 Å². The van der Waals surface area contributed by atoms with Gasteiger partial charge in [-0.3, -0.25) is 4.79 Å². The summed E-state index contributed by atoms with van der Waals surface area (Å²) in [6, 6.07) is 3.85. The second-order valence-corrected chi connectivity index (χ2v) is 12.4. The van der Waals surface area contributed by atoms with Gasteiger partial charge in [0.2, 0.25) is 5.60 Å². The number of carboxylic acids is 1. The molecule has 0 spiro atoms. The molecular weight excluding hydrogens is 736 g/mol. The Bertz CT molecular complexity index is 2080. The number of ether oxygens (including phenoxy) is 5. The summed E-state index contributed by atoms with van der Waals surface area (Å²) in [5, 5.41) is 42.8. The van der Waals surface area contributed by atoms with Gasteiger partial charge < -0.3 is 44.1 Å². The summed E-state index contributed by atoms with van der Waals surface area (Å²) in [6.07, 6.45) is 1.99. The van der Waals surface area contributed by atoms with Gasteiger partial charge in [0.25, 0.3) is 0 Å². The smallest absolute Gasteiger partial charge is 0.356 e. The standard InChI is InChI=1S/C36H33BrO14/c1-14-9-21(13-23(47-7)25(14)32(41)42)49-33(43)26-15(2)10-22(19(6)29(26)39)50-34(44)27-17(4)18(5)31(28(37)30(27)40)51-35(45)36(46)16(3)11-20(38)12-24(36)48-8/h9-13,39-40,46H,1-8H3,(H,41,42)/t36-/m1/s1. The number of phenols is 2. The Hall–Kier alpha value is -5.67. The molecule has 1 aliphatic rings. The van der Waals surface area contributed by atoms with E-state index in [0.717, 1.165) is 12.2 Å². The number of aromatic hydroxyl groups is 2. The van der Waals surface area contributed by atoms with Gasteiger partial charge in [0.05, 0.1) is 14.2 Å². The van der Waals surface area contributed by atoms with Gasteiger partial charge in [0.1, 0.15) is 55.7 Å². The Morgan fingerprint density at radius 2 is 1.31 bits per heavy atom. The molecular formula is C36H33BrO14. The first-order valence-corrected chi connectivity index (χ1v) is 15.7. The van der Waals surface area contributed by atoms with Crippen LogP contribution in [0.25, 0.3) is 0 Å². The van der Waals surface area contributed by atoms with Crippen molar-refractivity contribution in [2.24, 2.45) is 0 Å². The number of carbonyl (C=O) groups is 5. The van der Waals surface area contributed by atoms with E-state index < -0.39 is 46.8 Å². The summed E-state index contributed by atoms with van der Waals surface area (Å²) in [4.78, 5) is 63.5. The molecule has 1 aliphatic carbocycles. The molecule has 0 radical (unpaired) electrons. The van der Waals surface area contributed by atoms with Gasteiger partial charge in [-0.05, 0) is 104 Å². The van der Waals surface area contributed by atoms with Crippen molar-refractivity contribution in [2.45, 2.75) is 47.1 Å². The van der Waals surface area contributed by atoms with E-state index in [1.54, 1.807) is 0 Å². The van der Waals surface area contributed by atoms with Crippen LogP contribution in [0.1, 0.15) is 65.8 Å². The van der Waals surface area contributed by atoms with Crippen LogP contribution in [0.4, 0.5) is 0 Å². The molecule has 0 amide bonds. The molecule has 4 rings (SSSR count). The van der Waals surface area contributed by atoms with Gasteiger partial charge >= 0.3 is 23.9 Å². The number of hydrogen-bond acceptors (Lipinski definition) is 13. The lowest BCUT2D eigenvalue weighted by Gasteiger charge is -2.30. The zero-order valence-corrected chi connectivity index (χ0v) is 30.2. The van der Waals surface area contributed by atoms with E-state index in [9.17, 15) is 44.4 Å². The number of rotatable bonds is 9. The quantitative estimate of drug-likeness (QED) is 0.162. The number of aromatic carboxylic acids is 1. The van der Waals surface area contributed by atoms with Crippen LogP contribution in [0.15, 0.2) is 46.2 Å². The fourth-order valence-electron chi connectivity index (χ4n) is 5.47. The van der Waals surface area contributed by atoms with Gasteiger partial charge in [0.15, 0.2) is 11.5 Å². The minimum atomic E-state index is -2.46. The second kappa shape index (κ2) is 14.3. The van der Waals surface area contributed by atoms with Crippen molar-refractivity contribution in [2.75, 3.05) is 14.2 Å². The van der Waals surface area contributed by atoms with E-state index in [0.29, 0.717) is 0 Å². The zero-order chi connectivity index (χ0) is 38.3. The highest BCUT2D eigenvalue weighted by Crippen LogP contribution is 2.44. The maximum Gasteiger partial charge on any atom is 0.356 e. The molecule has 4 N–H and O–H groups in total. The van der Waals surface area contributed by atoms with Crippen LogP contribution in [-0.2, 0) is 14.3 Å². The molecule has 268 valence electrons. The predicted octanol–water partition coefficient (Wildman–Crippen LogP) is 5.24. The average molecular weight is 770 g/mol. The molecule has 14 nitrogen and oxygen atoms in total. The van der Waals surface area contributed by atoms with Crippen LogP contribution in [0.2, 0.25) is 0 Å². The maximum atomic E-state index is 13.5. The Kier molecular flexibility index (Phi) is 10.7. The molecule has 0 unspecified atom stereocenters. The number of carbonyl (C=O) groups excluding carboxylic acids is 4. The summed E-state index contributed by atoms with van der Waals surface area (Å²) in [5.74, 6) is -7.15. The fourth-order valence-corrected chi connectivity index (χ4v) is 6.04. The lowest BCUT2D eigenvalue weighted by Crippen LogP contribution is -2.47. The van der Waals surface area contributed by atoms with E-state index in [4.69, 9.17) is 23.7 Å². The third kappa shape index (κ3) is 6.77. The molecule has 51 heavy (non-hydrogen) atoms. The first-order valence-electron chi connectivity index (χ1n) is 14.9. The van der Waals surface area contributed by atoms with Crippen LogP contribution in [0.3, 0.4) is 0 Å². The van der Waals surface area contributed by atoms with Crippen LogP contribution < -0.4 is 18.9 Å². The number of methoxy groups -OCH3 is 2. The predicted molar refractivity (Wildman–Crippen MR) is 182 cm³/mol. The normalized spacial score (nSPS) is 15.4. The topological polar surface area (TPSA) is 212 Å². The summed E-state index contributed by atoms with van der Waals surface area (Å²) < 4.78 is 26.5. The van der Waals surface area contributed by atoms with Gasteiger partial charge in [-0.1, -0.05) is 0 Å². The number of benzene rings is 3. The molecule has 1 atom stereocenters. The number of carboxylic acid groups (broad SMARTS) is 1. The summed E-state index contributed by atoms with van der Waals surface area (Å²) >= 11 is 3.15. The van der Waals surface area contributed by atoms with Crippen LogP contribution in [-0.4, -0.2) is 69.9 Å². The van der Waals surface area contributed by atoms with E-state index in [1.165, 1.54) is 74.0 Å². The zero-order valence-electron chi connectivity index (χ0n) is 28.6. The monoisotopic (exact) mass is 768 g/mol. The second-order valence-electron chi connectivity index (χ2n) is 11.6. The number of aliphatic hydroxyl groups is 1. The van der Waals surface area contributed by atoms with Crippen LogP contribution >= 0.6 is 15.9 Å². The molecule has 0 fully saturated rings. The number of hydrogen-bond donors (Lipinski definition) is 4. The number of halogens is 1. The van der Waals surface area contributed by atoms with Crippen LogP contribution in [0, 0.1) is 34.6 Å². The first-order chi connectivity index (χ1) is 23.8. The van der Waals surface area contributed by atoms with Crippen molar-refractivity contribution in [1.82, 2.24) is 0 Å². The maximum absolute atomic E-state index is 13.5. The van der Waals surface area contributed by atoms with Gasteiger partial charge in [-0.15, -0.1) is 0 Å². The molecule has 0 bridgehead atoms. The summed E-state index contributed by atoms with van der Waals surface area (Å²) in [5.41, 5.74) is -2.52. The highest BCUT2D eigenvalue weighted by Gasteiger charge is 2.48. The molecule has 0 heterocycles. The highest BCUT2D eigenvalue weighted by atomic mass is 79.9. The van der Waals surface area contributed by atoms with Gasteiger partial charge in [-0.2, -0.15) is 0 Å². The lowest BCUT2D eigenvalue weighted by molar-refractivity contribution is -0.151. The van der Waals surface area contributed by atoms with Gasteiger partial charge in [-0.25, -0.2) is 19.2 Å². The molecule has 0 aromatic heterocycles. The third-order valence-corrected chi connectivity index (χ3v) is 9.16. The molecule has 0 saturated heterocycles. The number of aryl methyl sites for hydroxylation is 2. The Balaban J connectivity index is 1.64. The molecule has 3 aromatic rings. The molecule has 0 aliphatic heterocycles. The number of ketones is 1. The van der Waals surface area contributed by atoms with Crippen molar-refractivity contribution in [3.8, 4) is 34.5 Å². The van der Waals surface area contributed by atoms with Crippen molar-refractivity contribution < 1.29 is 68.1 Å². The Labute approximate surface area is 299 Å². The summed E-state index contributed by atoms with van der Waals surface area (Å²) in [7, 11) is 2.43. The lowest BCUT2D eigenvalue weighted by atomic mass is 9.87. The van der Waals surface area contributed by atoms with Crippen LogP contribution in [0.5, 0.6) is 34.5 Å². The van der Waals surface area contributed by atoms with Crippen molar-refractivity contribution in [1.29, 1.82) is 0 Å². The van der Waals surface area contributed by atoms with E-state index in [-0.39, 0.29) is 83.3 Å². The summed E-state index contributed by atoms with van der Waals surface area (Å²) in [6.45, 7) is 8.60.